The Morgan fingerprint density at radius 3 is 1.57 bits per heavy atom. The first-order chi connectivity index (χ1) is 15.2. The topological polar surface area (TPSA) is 35.5 Å². The highest BCUT2D eigenvalue weighted by molar-refractivity contribution is 5.86. The summed E-state index contributed by atoms with van der Waals surface area (Å²) in [4.78, 5) is 11.3. The Hall–Kier alpha value is -1.88. The Kier molecular flexibility index (Phi) is 9.69. The normalized spacial score (nSPS) is 15.7. The molecular weight excluding hydrogens is 537 g/mol. The monoisotopic (exact) mass is 554 g/mol. The molecule has 1 atom stereocenters. The summed E-state index contributed by atoms with van der Waals surface area (Å²) in [5.41, 5.74) is -8.28. The van der Waals surface area contributed by atoms with Crippen molar-refractivity contribution in [2.45, 2.75) is 74.5 Å². The summed E-state index contributed by atoms with van der Waals surface area (Å²) in [7, 11) is 0. The molecule has 3 nitrogen and oxygen atoms in total. The van der Waals surface area contributed by atoms with Gasteiger partial charge in [0.2, 0.25) is 0 Å². The first kappa shape index (κ1) is 33.1. The number of carbonyl (C=O) groups excluding carboxylic acids is 1. The van der Waals surface area contributed by atoms with E-state index in [0.717, 1.165) is 6.92 Å². The minimum atomic E-state index is -7.78. The van der Waals surface area contributed by atoms with E-state index >= 15 is 0 Å². The summed E-state index contributed by atoms with van der Waals surface area (Å²) in [5.74, 6) is -25.2. The van der Waals surface area contributed by atoms with Crippen LogP contribution in [0.4, 0.5) is 65.9 Å². The smallest absolute Gasteiger partial charge is 0.438 e. The second-order valence-corrected chi connectivity index (χ2v) is 7.35. The summed E-state index contributed by atoms with van der Waals surface area (Å²) in [6, 6.07) is 0. The number of hydrogen-bond donors (Lipinski definition) is 0. The number of ether oxygens (including phenoxy) is 2. The van der Waals surface area contributed by atoms with Gasteiger partial charge >= 0.3 is 47.7 Å². The third kappa shape index (κ3) is 7.09. The molecule has 0 saturated heterocycles. The van der Waals surface area contributed by atoms with Gasteiger partial charge in [0.05, 0.1) is 12.7 Å². The number of halogens is 15. The maximum Gasteiger partial charge on any atom is 0.438 e. The second-order valence-electron chi connectivity index (χ2n) is 7.35. The number of esters is 1. The molecule has 0 heterocycles. The lowest BCUT2D eigenvalue weighted by Crippen LogP contribution is -2.70. The maximum absolute atomic E-state index is 14.0. The summed E-state index contributed by atoms with van der Waals surface area (Å²) in [5, 5.41) is 0. The van der Waals surface area contributed by atoms with E-state index in [4.69, 9.17) is 0 Å². The molecule has 0 aromatic rings. The Bertz CT molecular complexity index is 735. The number of hydrogen-bond acceptors (Lipinski definition) is 3. The lowest BCUT2D eigenvalue weighted by atomic mass is 9.88. The van der Waals surface area contributed by atoms with Gasteiger partial charge in [0.25, 0.3) is 0 Å². The molecule has 18 heteroatoms. The summed E-state index contributed by atoms with van der Waals surface area (Å²) >= 11 is 0. The van der Waals surface area contributed by atoms with Crippen molar-refractivity contribution in [3.05, 3.63) is 12.2 Å². The average Bonchev–Trinajstić information content (AvgIpc) is 2.61. The zero-order valence-electron chi connectivity index (χ0n) is 17.5. The summed E-state index contributed by atoms with van der Waals surface area (Å²) < 4.78 is 205. The Balaban J connectivity index is 6.07. The van der Waals surface area contributed by atoms with E-state index in [2.05, 4.69) is 16.1 Å². The van der Waals surface area contributed by atoms with Crippen molar-refractivity contribution < 1.29 is 80.1 Å². The molecule has 35 heavy (non-hydrogen) atoms. The van der Waals surface area contributed by atoms with E-state index in [1.54, 1.807) is 0 Å². The van der Waals surface area contributed by atoms with Crippen molar-refractivity contribution in [3.63, 3.8) is 0 Å². The number of carbonyl (C=O) groups is 1. The molecule has 0 N–H and O–H groups in total. The van der Waals surface area contributed by atoms with Crippen LogP contribution in [-0.2, 0) is 14.3 Å². The highest BCUT2D eigenvalue weighted by atomic mass is 19.4. The van der Waals surface area contributed by atoms with E-state index in [-0.39, 0.29) is 6.92 Å². The lowest BCUT2D eigenvalue weighted by Gasteiger charge is -2.40. The van der Waals surface area contributed by atoms with Gasteiger partial charge in [0.15, 0.2) is 0 Å². The van der Waals surface area contributed by atoms with E-state index in [1.165, 1.54) is 0 Å². The van der Waals surface area contributed by atoms with Crippen molar-refractivity contribution in [1.82, 2.24) is 0 Å². The van der Waals surface area contributed by atoms with Crippen LogP contribution in [0.15, 0.2) is 12.2 Å². The number of alkyl halides is 15. The van der Waals surface area contributed by atoms with Crippen LogP contribution in [0.1, 0.15) is 26.7 Å². The molecule has 0 aromatic heterocycles. The fourth-order valence-electron chi connectivity index (χ4n) is 2.21. The fourth-order valence-corrected chi connectivity index (χ4v) is 2.21. The third-order valence-electron chi connectivity index (χ3n) is 4.32. The van der Waals surface area contributed by atoms with Gasteiger partial charge in [0, 0.05) is 25.3 Å². The van der Waals surface area contributed by atoms with Gasteiger partial charge in [0.1, 0.15) is 6.61 Å². The predicted molar refractivity (Wildman–Crippen MR) is 86.2 cm³/mol. The van der Waals surface area contributed by atoms with Crippen LogP contribution in [-0.4, -0.2) is 67.0 Å². The van der Waals surface area contributed by atoms with Gasteiger partial charge < -0.3 is 9.47 Å². The average molecular weight is 554 g/mol. The SMILES string of the molecule is C=C(C)C(=O)OCC(CC(F)(F)C(F)(F)C(F)(C(F)(F)F)C(F)(F)F)OCCC(F)(F)C(C)(F)F. The summed E-state index contributed by atoms with van der Waals surface area (Å²) in [6.07, 6.45) is -23.1. The summed E-state index contributed by atoms with van der Waals surface area (Å²) in [6.45, 7) is 0.274. The molecule has 0 aliphatic heterocycles. The zero-order valence-corrected chi connectivity index (χ0v) is 17.5. The molecule has 208 valence electrons. The highest BCUT2D eigenvalue weighted by Gasteiger charge is 2.89. The quantitative estimate of drug-likeness (QED) is 0.154. The molecule has 0 radical (unpaired) electrons. The van der Waals surface area contributed by atoms with Gasteiger partial charge in [-0.3, -0.25) is 0 Å². The van der Waals surface area contributed by atoms with E-state index < -0.39 is 85.4 Å². The molecule has 1 unspecified atom stereocenters. The van der Waals surface area contributed by atoms with Gasteiger partial charge in [-0.25, -0.2) is 18.0 Å². The van der Waals surface area contributed by atoms with Crippen molar-refractivity contribution in [2.24, 2.45) is 0 Å². The van der Waals surface area contributed by atoms with E-state index in [9.17, 15) is 70.7 Å². The van der Waals surface area contributed by atoms with Crippen LogP contribution >= 0.6 is 0 Å². The second kappa shape index (κ2) is 10.2. The maximum atomic E-state index is 14.0. The molecule has 0 amide bonds. The largest absolute Gasteiger partial charge is 0.460 e. The van der Waals surface area contributed by atoms with Crippen LogP contribution < -0.4 is 0 Å². The van der Waals surface area contributed by atoms with Crippen LogP contribution in [0, 0.1) is 0 Å². The van der Waals surface area contributed by atoms with Crippen molar-refractivity contribution in [3.8, 4) is 0 Å². The molecule has 0 fully saturated rings. The van der Waals surface area contributed by atoms with Gasteiger partial charge in [-0.2, -0.15) is 52.7 Å². The molecular formula is C17H17F15O3. The molecule has 0 bridgehead atoms. The van der Waals surface area contributed by atoms with Gasteiger partial charge in [-0.1, -0.05) is 6.58 Å². The van der Waals surface area contributed by atoms with E-state index in [1.807, 2.05) is 0 Å². The molecule has 0 spiro atoms. The predicted octanol–water partition coefficient (Wildman–Crippen LogP) is 6.67. The first-order valence-electron chi connectivity index (χ1n) is 8.93. The van der Waals surface area contributed by atoms with Crippen molar-refractivity contribution >= 4 is 5.97 Å². The molecule has 0 aliphatic rings. The lowest BCUT2D eigenvalue weighted by molar-refractivity contribution is -0.428. The zero-order chi connectivity index (χ0) is 28.5. The molecule has 0 aromatic carbocycles. The number of rotatable bonds is 12. The van der Waals surface area contributed by atoms with Gasteiger partial charge in [-0.15, -0.1) is 0 Å². The minimum absolute atomic E-state index is 0.275. The minimum Gasteiger partial charge on any atom is -0.460 e. The van der Waals surface area contributed by atoms with E-state index in [0.29, 0.717) is 0 Å². The van der Waals surface area contributed by atoms with Crippen LogP contribution in [0.2, 0.25) is 0 Å². The Morgan fingerprint density at radius 2 is 1.23 bits per heavy atom. The standard InChI is InChI=1S/C17H17F15O3/c1-8(2)10(33)35-7-9(34-5-4-12(20,21)11(3,18)19)6-13(22,23)15(25,26)14(24,16(27,28)29)17(30,31)32/h9H,1,4-7H2,2-3H3. The third-order valence-corrected chi connectivity index (χ3v) is 4.32. The van der Waals surface area contributed by atoms with Crippen LogP contribution in [0.25, 0.3) is 0 Å². The van der Waals surface area contributed by atoms with Crippen LogP contribution in [0.3, 0.4) is 0 Å². The van der Waals surface area contributed by atoms with Crippen molar-refractivity contribution in [1.29, 1.82) is 0 Å². The van der Waals surface area contributed by atoms with Crippen LogP contribution in [0.5, 0.6) is 0 Å². The molecule has 0 rings (SSSR count). The van der Waals surface area contributed by atoms with Crippen molar-refractivity contribution in [2.75, 3.05) is 13.2 Å². The fraction of sp³-hybridized carbons (Fsp3) is 0.824. The molecule has 0 saturated carbocycles. The van der Waals surface area contributed by atoms with Gasteiger partial charge in [-0.05, 0) is 6.92 Å². The molecule has 0 aliphatic carbocycles. The Labute approximate surface area is 187 Å². The Morgan fingerprint density at radius 1 is 0.800 bits per heavy atom. The first-order valence-corrected chi connectivity index (χ1v) is 8.93. The highest BCUT2D eigenvalue weighted by Crippen LogP contribution is 2.60.